The lowest BCUT2D eigenvalue weighted by Crippen LogP contribution is -2.87. The molecular weight excluding hydrogens is 284 g/mol. The molecule has 0 saturated carbocycles. The van der Waals surface area contributed by atoms with E-state index in [9.17, 15) is 4.79 Å². The Morgan fingerprint density at radius 3 is 2.57 bits per heavy atom. The minimum Gasteiger partial charge on any atom is -0.332 e. The van der Waals surface area contributed by atoms with Crippen LogP contribution < -0.4 is 10.6 Å². The van der Waals surface area contributed by atoms with E-state index in [0.717, 1.165) is 41.8 Å². The van der Waals surface area contributed by atoms with E-state index in [1.165, 1.54) is 0 Å². The highest BCUT2D eigenvalue weighted by Crippen LogP contribution is 2.18. The second kappa shape index (κ2) is 8.49. The number of carbonyl (C=O) groups excluding carboxylic acids is 1. The lowest BCUT2D eigenvalue weighted by atomic mass is 10.0. The summed E-state index contributed by atoms with van der Waals surface area (Å²) in [7, 11) is 0. The average Bonchev–Trinajstić information content (AvgIpc) is 2.56. The third kappa shape index (κ3) is 4.93. The summed E-state index contributed by atoms with van der Waals surface area (Å²) < 4.78 is 0. The number of nitrogens with two attached hydrogens (primary N) is 1. The van der Waals surface area contributed by atoms with Gasteiger partial charge in [-0.2, -0.15) is 0 Å². The van der Waals surface area contributed by atoms with Gasteiger partial charge in [-0.05, 0) is 37.5 Å². The third-order valence-electron chi connectivity index (χ3n) is 4.05. The van der Waals surface area contributed by atoms with Gasteiger partial charge in [0.2, 0.25) is 0 Å². The highest BCUT2D eigenvalue weighted by atomic mass is 16.2. The van der Waals surface area contributed by atoms with Gasteiger partial charge in [-0.1, -0.05) is 55.8 Å². The number of carbonyl (C=O) groups is 1. The van der Waals surface area contributed by atoms with Gasteiger partial charge in [0.1, 0.15) is 0 Å². The van der Waals surface area contributed by atoms with Gasteiger partial charge in [0.05, 0.1) is 6.54 Å². The fourth-order valence-corrected chi connectivity index (χ4v) is 2.62. The normalized spacial score (nSPS) is 12.0. The van der Waals surface area contributed by atoms with Crippen molar-refractivity contribution < 1.29 is 10.1 Å². The molecule has 122 valence electrons. The number of nitrogens with one attached hydrogen (secondary N) is 1. The number of hydrogen-bond acceptors (Lipinski definition) is 1. The van der Waals surface area contributed by atoms with Crippen LogP contribution in [0.15, 0.2) is 48.5 Å². The number of aryl methyl sites for hydroxylation is 2. The van der Waals surface area contributed by atoms with Gasteiger partial charge in [0.25, 0.3) is 5.91 Å². The number of benzene rings is 2. The zero-order valence-electron chi connectivity index (χ0n) is 14.3. The molecule has 2 aromatic carbocycles. The van der Waals surface area contributed by atoms with E-state index in [0.29, 0.717) is 0 Å². The molecule has 3 N–H and O–H groups in total. The number of amides is 1. The van der Waals surface area contributed by atoms with Crippen LogP contribution in [0.3, 0.4) is 0 Å². The van der Waals surface area contributed by atoms with Crippen LogP contribution in [0.2, 0.25) is 0 Å². The lowest BCUT2D eigenvalue weighted by molar-refractivity contribution is -0.682. The molecule has 3 nitrogen and oxygen atoms in total. The highest BCUT2D eigenvalue weighted by molar-refractivity contribution is 5.95. The summed E-state index contributed by atoms with van der Waals surface area (Å²) in [5.41, 5.74) is 4.19. The van der Waals surface area contributed by atoms with Crippen molar-refractivity contribution in [2.75, 3.05) is 11.9 Å². The summed E-state index contributed by atoms with van der Waals surface area (Å²) in [6.07, 6.45) is 2.25. The van der Waals surface area contributed by atoms with E-state index in [1.807, 2.05) is 56.3 Å². The van der Waals surface area contributed by atoms with Crippen molar-refractivity contribution in [2.45, 2.75) is 39.7 Å². The molecular formula is C20H27N2O+. The monoisotopic (exact) mass is 311 g/mol. The molecule has 1 amide bonds. The molecule has 3 heteroatoms. The molecule has 0 aliphatic carbocycles. The number of unbranched alkanes of at least 4 members (excludes halogenated alkanes) is 1. The Hall–Kier alpha value is -2.13. The van der Waals surface area contributed by atoms with Crippen LogP contribution in [-0.2, 0) is 4.79 Å². The first-order chi connectivity index (χ1) is 11.1. The second-order valence-corrected chi connectivity index (χ2v) is 6.07. The molecule has 23 heavy (non-hydrogen) atoms. The van der Waals surface area contributed by atoms with Crippen molar-refractivity contribution in [3.05, 3.63) is 65.2 Å². The zero-order chi connectivity index (χ0) is 16.7. The smallest absolute Gasteiger partial charge is 0.287 e. The Kier molecular flexibility index (Phi) is 6.36. The van der Waals surface area contributed by atoms with Crippen molar-refractivity contribution in [1.82, 2.24) is 0 Å². The summed E-state index contributed by atoms with van der Waals surface area (Å²) >= 11 is 0. The Labute approximate surface area is 139 Å². The van der Waals surface area contributed by atoms with E-state index >= 15 is 0 Å². The van der Waals surface area contributed by atoms with E-state index in [4.69, 9.17) is 0 Å². The quantitative estimate of drug-likeness (QED) is 0.757. The predicted molar refractivity (Wildman–Crippen MR) is 95.4 cm³/mol. The van der Waals surface area contributed by atoms with Crippen LogP contribution in [0.5, 0.6) is 0 Å². The molecule has 0 fully saturated rings. The molecule has 0 aromatic heterocycles. The van der Waals surface area contributed by atoms with Gasteiger partial charge in [0.15, 0.2) is 6.04 Å². The predicted octanol–water partition coefficient (Wildman–Crippen LogP) is 3.35. The topological polar surface area (TPSA) is 45.7 Å². The summed E-state index contributed by atoms with van der Waals surface area (Å²) in [6.45, 7) is 7.18. The van der Waals surface area contributed by atoms with Gasteiger partial charge in [-0.15, -0.1) is 0 Å². The molecule has 0 aliphatic rings. The van der Waals surface area contributed by atoms with Crippen LogP contribution in [0.4, 0.5) is 5.69 Å². The minimum atomic E-state index is -0.206. The van der Waals surface area contributed by atoms with E-state index in [2.05, 4.69) is 23.6 Å². The van der Waals surface area contributed by atoms with Crippen LogP contribution >= 0.6 is 0 Å². The Balaban J connectivity index is 2.17. The third-order valence-corrected chi connectivity index (χ3v) is 4.05. The van der Waals surface area contributed by atoms with Crippen LogP contribution in [0, 0.1) is 13.8 Å². The van der Waals surface area contributed by atoms with Crippen molar-refractivity contribution in [3.8, 4) is 0 Å². The van der Waals surface area contributed by atoms with Gasteiger partial charge < -0.3 is 10.6 Å². The number of rotatable bonds is 7. The van der Waals surface area contributed by atoms with E-state index < -0.39 is 0 Å². The average molecular weight is 311 g/mol. The van der Waals surface area contributed by atoms with Crippen molar-refractivity contribution >= 4 is 11.6 Å². The highest BCUT2D eigenvalue weighted by Gasteiger charge is 2.24. The van der Waals surface area contributed by atoms with Gasteiger partial charge in [-0.25, -0.2) is 0 Å². The first-order valence-corrected chi connectivity index (χ1v) is 8.38. The molecule has 0 bridgehead atoms. The largest absolute Gasteiger partial charge is 0.332 e. The molecule has 2 rings (SSSR count). The Bertz CT molecular complexity index is 637. The molecule has 2 aromatic rings. The summed E-state index contributed by atoms with van der Waals surface area (Å²) in [4.78, 5) is 12.8. The first-order valence-electron chi connectivity index (χ1n) is 8.38. The summed E-state index contributed by atoms with van der Waals surface area (Å²) in [6, 6.07) is 15.9. The van der Waals surface area contributed by atoms with Crippen molar-refractivity contribution in [2.24, 2.45) is 0 Å². The maximum atomic E-state index is 12.8. The zero-order valence-corrected chi connectivity index (χ0v) is 14.3. The molecule has 0 heterocycles. The molecule has 0 aliphatic heterocycles. The summed E-state index contributed by atoms with van der Waals surface area (Å²) in [5, 5.41) is 5.24. The van der Waals surface area contributed by atoms with Gasteiger partial charge in [0, 0.05) is 11.3 Å². The molecule has 0 radical (unpaired) electrons. The Morgan fingerprint density at radius 1 is 1.13 bits per heavy atom. The minimum absolute atomic E-state index is 0.0426. The van der Waals surface area contributed by atoms with Crippen LogP contribution in [0.25, 0.3) is 0 Å². The van der Waals surface area contributed by atoms with Gasteiger partial charge in [-0.3, -0.25) is 4.79 Å². The van der Waals surface area contributed by atoms with Crippen molar-refractivity contribution in [3.63, 3.8) is 0 Å². The second-order valence-electron chi connectivity index (χ2n) is 6.07. The fraction of sp³-hybridized carbons (Fsp3) is 0.350. The maximum absolute atomic E-state index is 12.8. The van der Waals surface area contributed by atoms with Crippen molar-refractivity contribution in [1.29, 1.82) is 0 Å². The van der Waals surface area contributed by atoms with E-state index in [-0.39, 0.29) is 11.9 Å². The SMILES string of the molecule is CCCC[NH2+][C@@H](C(=O)Nc1cc(C)ccc1C)c1ccccc1. The fourth-order valence-electron chi connectivity index (χ4n) is 2.62. The van der Waals surface area contributed by atoms with Crippen LogP contribution in [0.1, 0.15) is 42.5 Å². The standard InChI is InChI=1S/C20H26N2O/c1-4-5-13-21-19(17-9-7-6-8-10-17)20(23)22-18-14-15(2)11-12-16(18)3/h6-12,14,19,21H,4-5,13H2,1-3H3,(H,22,23)/p+1/t19-/m1/s1. The summed E-state index contributed by atoms with van der Waals surface area (Å²) in [5.74, 6) is 0.0426. The number of anilines is 1. The Morgan fingerprint density at radius 2 is 1.87 bits per heavy atom. The van der Waals surface area contributed by atoms with E-state index in [1.54, 1.807) is 0 Å². The molecule has 1 atom stereocenters. The number of hydrogen-bond donors (Lipinski definition) is 2. The van der Waals surface area contributed by atoms with Crippen LogP contribution in [-0.4, -0.2) is 12.5 Å². The molecule has 0 saturated heterocycles. The number of quaternary nitrogens is 1. The lowest BCUT2D eigenvalue weighted by Gasteiger charge is -2.17. The molecule has 0 spiro atoms. The molecule has 0 unspecified atom stereocenters. The maximum Gasteiger partial charge on any atom is 0.287 e. The van der Waals surface area contributed by atoms with Gasteiger partial charge >= 0.3 is 0 Å². The first kappa shape index (κ1) is 17.2.